The second-order valence-electron chi connectivity index (χ2n) is 5.24. The van der Waals surface area contributed by atoms with E-state index in [1.165, 1.54) is 25.5 Å². The molecule has 2 aromatic rings. The topological polar surface area (TPSA) is 85.9 Å². The molecule has 144 valence electrons. The molecule has 3 N–H and O–H groups in total. The number of alkyl halides is 3. The molecular weight excluding hydrogens is 431 g/mol. The fraction of sp³-hybridized carbons (Fsp3) is 0.176. The minimum atomic E-state index is -4.43. The van der Waals surface area contributed by atoms with Crippen LogP contribution in [0.15, 0.2) is 46.0 Å². The van der Waals surface area contributed by atoms with E-state index in [0.29, 0.717) is 21.5 Å². The molecule has 2 aromatic carbocycles. The number of methoxy groups -OCH3 is 1. The predicted molar refractivity (Wildman–Crippen MR) is 98.0 cm³/mol. The number of nitrogens with two attached hydrogens (primary N) is 1. The van der Waals surface area contributed by atoms with Crippen LogP contribution in [0.2, 0.25) is 0 Å². The van der Waals surface area contributed by atoms with Gasteiger partial charge in [0.2, 0.25) is 0 Å². The first-order chi connectivity index (χ1) is 12.7. The molecule has 0 fully saturated rings. The molecule has 0 saturated carbocycles. The summed E-state index contributed by atoms with van der Waals surface area (Å²) >= 11 is 3.29. The van der Waals surface area contributed by atoms with E-state index in [4.69, 9.17) is 15.2 Å². The molecule has 10 heteroatoms. The van der Waals surface area contributed by atoms with Crippen molar-refractivity contribution in [2.45, 2.75) is 6.18 Å². The van der Waals surface area contributed by atoms with Crippen molar-refractivity contribution in [2.24, 2.45) is 10.8 Å². The summed E-state index contributed by atoms with van der Waals surface area (Å²) in [7, 11) is 1.42. The number of halogens is 4. The molecular formula is C17H15BrF3N3O3. The molecule has 0 spiro atoms. The molecule has 0 aliphatic carbocycles. The number of hydrazone groups is 1. The number of primary amides is 1. The van der Waals surface area contributed by atoms with Crippen LogP contribution in [-0.4, -0.2) is 25.8 Å². The van der Waals surface area contributed by atoms with Gasteiger partial charge in [0.15, 0.2) is 18.1 Å². The van der Waals surface area contributed by atoms with Gasteiger partial charge in [0.05, 0.1) is 29.0 Å². The number of hydrogen-bond donors (Lipinski definition) is 2. The number of benzene rings is 2. The van der Waals surface area contributed by atoms with Crippen LogP contribution in [0.1, 0.15) is 11.1 Å². The molecule has 0 aliphatic rings. The SMILES string of the molecule is COc1cc(C=NNc2cccc(C(F)(F)F)c2)cc(Br)c1OCC(N)=O. The Morgan fingerprint density at radius 2 is 2.07 bits per heavy atom. The zero-order chi connectivity index (χ0) is 20.0. The standard InChI is InChI=1S/C17H15BrF3N3O3/c1-26-14-6-10(5-13(18)16(14)27-9-15(22)25)8-23-24-12-4-2-3-11(7-12)17(19,20)21/h2-8,24H,9H2,1H3,(H2,22,25). The highest BCUT2D eigenvalue weighted by Gasteiger charge is 2.30. The van der Waals surface area contributed by atoms with Gasteiger partial charge in [-0.2, -0.15) is 18.3 Å². The van der Waals surface area contributed by atoms with Gasteiger partial charge in [-0.15, -0.1) is 0 Å². The fourth-order valence-corrected chi connectivity index (χ4v) is 2.62. The maximum Gasteiger partial charge on any atom is 0.416 e. The first-order valence-corrected chi connectivity index (χ1v) is 8.25. The summed E-state index contributed by atoms with van der Waals surface area (Å²) in [5, 5.41) is 3.92. The van der Waals surface area contributed by atoms with Crippen LogP contribution in [-0.2, 0) is 11.0 Å². The van der Waals surface area contributed by atoms with Crippen molar-refractivity contribution in [2.75, 3.05) is 19.1 Å². The molecule has 0 saturated heterocycles. The van der Waals surface area contributed by atoms with Gasteiger partial charge >= 0.3 is 6.18 Å². The zero-order valence-electron chi connectivity index (χ0n) is 14.0. The third-order valence-corrected chi connectivity index (χ3v) is 3.80. The van der Waals surface area contributed by atoms with E-state index in [9.17, 15) is 18.0 Å². The number of carbonyl (C=O) groups excluding carboxylic acids is 1. The van der Waals surface area contributed by atoms with Crippen LogP contribution in [0, 0.1) is 0 Å². The van der Waals surface area contributed by atoms with Crippen molar-refractivity contribution in [3.8, 4) is 11.5 Å². The van der Waals surface area contributed by atoms with Crippen LogP contribution < -0.4 is 20.6 Å². The van der Waals surface area contributed by atoms with Crippen LogP contribution in [0.4, 0.5) is 18.9 Å². The molecule has 0 unspecified atom stereocenters. The summed E-state index contributed by atoms with van der Waals surface area (Å²) in [4.78, 5) is 10.9. The number of anilines is 1. The van der Waals surface area contributed by atoms with E-state index in [-0.39, 0.29) is 12.3 Å². The second-order valence-corrected chi connectivity index (χ2v) is 6.09. The zero-order valence-corrected chi connectivity index (χ0v) is 15.6. The van der Waals surface area contributed by atoms with Gasteiger partial charge in [-0.3, -0.25) is 10.2 Å². The molecule has 27 heavy (non-hydrogen) atoms. The first-order valence-electron chi connectivity index (χ1n) is 7.45. The molecule has 2 rings (SSSR count). The maximum atomic E-state index is 12.7. The van der Waals surface area contributed by atoms with Crippen molar-refractivity contribution >= 4 is 33.7 Å². The lowest BCUT2D eigenvalue weighted by molar-refractivity contribution is -0.137. The average Bonchev–Trinajstić information content (AvgIpc) is 2.59. The highest BCUT2D eigenvalue weighted by atomic mass is 79.9. The average molecular weight is 446 g/mol. The van der Waals surface area contributed by atoms with E-state index in [0.717, 1.165) is 12.1 Å². The van der Waals surface area contributed by atoms with Gasteiger partial charge in [0, 0.05) is 0 Å². The molecule has 0 aliphatic heterocycles. The van der Waals surface area contributed by atoms with Gasteiger partial charge < -0.3 is 15.2 Å². The molecule has 0 heterocycles. The Balaban J connectivity index is 2.15. The minimum Gasteiger partial charge on any atom is -0.493 e. The van der Waals surface area contributed by atoms with Crippen LogP contribution in [0.5, 0.6) is 11.5 Å². The lowest BCUT2D eigenvalue weighted by Crippen LogP contribution is -2.20. The minimum absolute atomic E-state index is 0.188. The Morgan fingerprint density at radius 3 is 2.70 bits per heavy atom. The van der Waals surface area contributed by atoms with Crippen LogP contribution in [0.25, 0.3) is 0 Å². The van der Waals surface area contributed by atoms with E-state index < -0.39 is 17.6 Å². The van der Waals surface area contributed by atoms with Crippen molar-refractivity contribution in [3.05, 3.63) is 52.0 Å². The summed E-state index contributed by atoms with van der Waals surface area (Å²) in [5.74, 6) is -0.0229. The third-order valence-electron chi connectivity index (χ3n) is 3.21. The quantitative estimate of drug-likeness (QED) is 0.501. The van der Waals surface area contributed by atoms with Crippen LogP contribution in [0.3, 0.4) is 0 Å². The smallest absolute Gasteiger partial charge is 0.416 e. The Bertz CT molecular complexity index is 857. The van der Waals surface area contributed by atoms with E-state index in [1.54, 1.807) is 12.1 Å². The summed E-state index contributed by atoms with van der Waals surface area (Å²) in [5.41, 5.74) is 7.58. The number of nitrogens with zero attached hydrogens (tertiary/aromatic N) is 1. The Hall–Kier alpha value is -2.75. The van der Waals surface area contributed by atoms with Gasteiger partial charge in [-0.05, 0) is 51.8 Å². The molecule has 1 amide bonds. The monoisotopic (exact) mass is 445 g/mol. The lowest BCUT2D eigenvalue weighted by atomic mass is 10.2. The number of hydrogen-bond acceptors (Lipinski definition) is 5. The normalized spacial score (nSPS) is 11.4. The second kappa shape index (κ2) is 8.76. The van der Waals surface area contributed by atoms with E-state index in [1.807, 2.05) is 0 Å². The first kappa shape index (κ1) is 20.6. The number of rotatable bonds is 7. The number of amides is 1. The summed E-state index contributed by atoms with van der Waals surface area (Å²) in [6.45, 7) is -0.320. The highest BCUT2D eigenvalue weighted by molar-refractivity contribution is 9.10. The van der Waals surface area contributed by atoms with Crippen molar-refractivity contribution in [3.63, 3.8) is 0 Å². The summed E-state index contributed by atoms with van der Waals surface area (Å²) in [6, 6.07) is 7.89. The molecule has 0 atom stereocenters. The van der Waals surface area contributed by atoms with Crippen molar-refractivity contribution in [1.29, 1.82) is 0 Å². The maximum absolute atomic E-state index is 12.7. The summed E-state index contributed by atoms with van der Waals surface area (Å²) < 4.78 is 49.1. The van der Waals surface area contributed by atoms with Gasteiger partial charge in [-0.1, -0.05) is 6.07 Å². The molecule has 6 nitrogen and oxygen atoms in total. The van der Waals surface area contributed by atoms with Crippen molar-refractivity contribution < 1.29 is 27.4 Å². The number of ether oxygens (including phenoxy) is 2. The summed E-state index contributed by atoms with van der Waals surface area (Å²) in [6.07, 6.45) is -3.04. The van der Waals surface area contributed by atoms with Gasteiger partial charge in [-0.25, -0.2) is 0 Å². The Morgan fingerprint density at radius 1 is 1.33 bits per heavy atom. The largest absolute Gasteiger partial charge is 0.493 e. The van der Waals surface area contributed by atoms with E-state index in [2.05, 4.69) is 26.5 Å². The highest BCUT2D eigenvalue weighted by Crippen LogP contribution is 2.36. The Kier molecular flexibility index (Phi) is 6.67. The van der Waals surface area contributed by atoms with Crippen molar-refractivity contribution in [1.82, 2.24) is 0 Å². The third kappa shape index (κ3) is 5.88. The number of carbonyl (C=O) groups is 1. The molecule has 0 radical (unpaired) electrons. The van der Waals surface area contributed by atoms with E-state index >= 15 is 0 Å². The molecule has 0 aromatic heterocycles. The van der Waals surface area contributed by atoms with Gasteiger partial charge in [0.25, 0.3) is 5.91 Å². The molecule has 0 bridgehead atoms. The van der Waals surface area contributed by atoms with Gasteiger partial charge in [0.1, 0.15) is 0 Å². The Labute approximate surface area is 161 Å². The lowest BCUT2D eigenvalue weighted by Gasteiger charge is -2.12. The van der Waals surface area contributed by atoms with Crippen LogP contribution >= 0.6 is 15.9 Å². The number of nitrogens with one attached hydrogen (secondary N) is 1. The fourth-order valence-electron chi connectivity index (χ4n) is 2.04. The predicted octanol–water partition coefficient (Wildman–Crippen LogP) is 3.79.